The normalized spacial score (nSPS) is 16.5. The van der Waals surface area contributed by atoms with Gasteiger partial charge in [0.15, 0.2) is 17.3 Å². The smallest absolute Gasteiger partial charge is 0.504 e. The van der Waals surface area contributed by atoms with Crippen LogP contribution in [0.2, 0.25) is 0 Å². The monoisotopic (exact) mass is 327 g/mol. The number of rotatable bonds is 3. The van der Waals surface area contributed by atoms with E-state index in [1.807, 2.05) is 0 Å². The highest BCUT2D eigenvalue weighted by molar-refractivity contribution is 5.60. The van der Waals surface area contributed by atoms with E-state index >= 15 is 0 Å². The van der Waals surface area contributed by atoms with Gasteiger partial charge in [-0.15, -0.1) is 13.2 Å². The van der Waals surface area contributed by atoms with Gasteiger partial charge >= 0.3 is 6.36 Å². The predicted octanol–water partition coefficient (Wildman–Crippen LogP) is 4.12. The molecule has 0 saturated heterocycles. The molecule has 124 valence electrons. The molecule has 0 spiro atoms. The Kier molecular flexibility index (Phi) is 4.14. The fourth-order valence-corrected chi connectivity index (χ4v) is 2.82. The predicted molar refractivity (Wildman–Crippen MR) is 76.0 cm³/mol. The van der Waals surface area contributed by atoms with E-state index in [0.717, 1.165) is 43.6 Å². The number of halogens is 3. The van der Waals surface area contributed by atoms with Crippen LogP contribution in [0.5, 0.6) is 11.5 Å². The summed E-state index contributed by atoms with van der Waals surface area (Å²) < 4.78 is 40.8. The lowest BCUT2D eigenvalue weighted by Gasteiger charge is -2.18. The third-order valence-corrected chi connectivity index (χ3v) is 3.94. The highest BCUT2D eigenvalue weighted by Gasteiger charge is 2.32. The van der Waals surface area contributed by atoms with Gasteiger partial charge in [0.05, 0.1) is 0 Å². The maximum Gasteiger partial charge on any atom is 0.573 e. The van der Waals surface area contributed by atoms with Crippen molar-refractivity contribution in [1.29, 1.82) is 0 Å². The molecule has 2 aromatic rings. The average molecular weight is 327 g/mol. The molecule has 1 aromatic heterocycles. The third kappa shape index (κ3) is 3.75. The minimum absolute atomic E-state index is 0.289. The number of phenolic OH excluding ortho intramolecular Hbond substituents is 1. The lowest BCUT2D eigenvalue weighted by atomic mass is 9.89. The van der Waals surface area contributed by atoms with Crippen LogP contribution < -0.4 is 4.74 Å². The second kappa shape index (κ2) is 6.10. The van der Waals surface area contributed by atoms with Crippen molar-refractivity contribution in [3.05, 3.63) is 24.0 Å². The zero-order chi connectivity index (χ0) is 16.4. The molecule has 3 rings (SSSR count). The maximum atomic E-state index is 12.3. The number of aromatic hydroxyl groups is 1. The van der Waals surface area contributed by atoms with Crippen molar-refractivity contribution in [1.82, 2.24) is 15.2 Å². The van der Waals surface area contributed by atoms with Gasteiger partial charge in [0, 0.05) is 11.5 Å². The Bertz CT molecular complexity index is 679. The molecule has 0 amide bonds. The van der Waals surface area contributed by atoms with Crippen LogP contribution in [-0.2, 0) is 0 Å². The molecule has 8 heteroatoms. The van der Waals surface area contributed by atoms with Crippen LogP contribution in [0.4, 0.5) is 13.2 Å². The molecule has 2 N–H and O–H groups in total. The second-order valence-electron chi connectivity index (χ2n) is 5.61. The summed E-state index contributed by atoms with van der Waals surface area (Å²) in [5.74, 6) is 0.102. The number of hydrogen-bond acceptors (Lipinski definition) is 4. The molecule has 1 saturated carbocycles. The number of H-pyrrole nitrogens is 1. The van der Waals surface area contributed by atoms with Crippen LogP contribution in [0.15, 0.2) is 18.2 Å². The zero-order valence-corrected chi connectivity index (χ0v) is 12.2. The van der Waals surface area contributed by atoms with Gasteiger partial charge in [-0.25, -0.2) is 4.98 Å². The van der Waals surface area contributed by atoms with Crippen molar-refractivity contribution >= 4 is 0 Å². The topological polar surface area (TPSA) is 71.0 Å². The van der Waals surface area contributed by atoms with Gasteiger partial charge in [-0.2, -0.15) is 5.10 Å². The van der Waals surface area contributed by atoms with E-state index in [1.54, 1.807) is 0 Å². The molecular formula is C15H16F3N3O2. The molecule has 0 atom stereocenters. The molecular weight excluding hydrogens is 311 g/mol. The first-order valence-corrected chi connectivity index (χ1v) is 7.44. The molecule has 5 nitrogen and oxygen atoms in total. The fraction of sp³-hybridized carbons (Fsp3) is 0.467. The Hall–Kier alpha value is -2.25. The second-order valence-corrected chi connectivity index (χ2v) is 5.61. The van der Waals surface area contributed by atoms with Crippen LogP contribution in [0, 0.1) is 0 Å². The van der Waals surface area contributed by atoms with E-state index in [-0.39, 0.29) is 5.82 Å². The quantitative estimate of drug-likeness (QED) is 0.889. The van der Waals surface area contributed by atoms with Gasteiger partial charge < -0.3 is 9.84 Å². The van der Waals surface area contributed by atoms with Crippen molar-refractivity contribution in [2.75, 3.05) is 0 Å². The van der Waals surface area contributed by atoms with Gasteiger partial charge in [0.1, 0.15) is 5.82 Å². The summed E-state index contributed by atoms with van der Waals surface area (Å²) in [5, 5.41) is 16.4. The lowest BCUT2D eigenvalue weighted by molar-refractivity contribution is -0.275. The first-order chi connectivity index (χ1) is 10.9. The Labute approximate surface area is 130 Å². The standard InChI is InChI=1S/C15H16F3N3O2/c16-15(17,18)23-12-8-10(6-7-11(12)22)14-19-13(20-21-14)9-4-2-1-3-5-9/h6-9,22H,1-5H2,(H,19,20,21). The summed E-state index contributed by atoms with van der Waals surface area (Å²) in [7, 11) is 0. The fourth-order valence-electron chi connectivity index (χ4n) is 2.82. The van der Waals surface area contributed by atoms with Gasteiger partial charge in [-0.1, -0.05) is 19.3 Å². The minimum Gasteiger partial charge on any atom is -0.504 e. The Morgan fingerprint density at radius 1 is 1.17 bits per heavy atom. The van der Waals surface area contributed by atoms with Gasteiger partial charge in [-0.3, -0.25) is 5.10 Å². The number of benzene rings is 1. The van der Waals surface area contributed by atoms with Crippen molar-refractivity contribution in [2.45, 2.75) is 44.4 Å². The number of phenols is 1. The number of ether oxygens (including phenoxy) is 1. The van der Waals surface area contributed by atoms with Crippen LogP contribution in [-0.4, -0.2) is 26.7 Å². The first-order valence-electron chi connectivity index (χ1n) is 7.44. The maximum absolute atomic E-state index is 12.3. The molecule has 23 heavy (non-hydrogen) atoms. The Morgan fingerprint density at radius 3 is 2.61 bits per heavy atom. The molecule has 1 fully saturated rings. The largest absolute Gasteiger partial charge is 0.573 e. The van der Waals surface area contributed by atoms with E-state index in [0.29, 0.717) is 11.5 Å². The molecule has 0 aliphatic heterocycles. The molecule has 0 bridgehead atoms. The molecule has 1 aromatic carbocycles. The summed E-state index contributed by atoms with van der Waals surface area (Å²) in [6.07, 6.45) is 0.697. The van der Waals surface area contributed by atoms with Gasteiger partial charge in [-0.05, 0) is 31.0 Å². The summed E-state index contributed by atoms with van der Waals surface area (Å²) in [6.45, 7) is 0. The van der Waals surface area contributed by atoms with Crippen molar-refractivity contribution in [2.24, 2.45) is 0 Å². The number of aromatic amines is 1. The first kappa shape index (κ1) is 15.6. The van der Waals surface area contributed by atoms with E-state index in [2.05, 4.69) is 19.9 Å². The summed E-state index contributed by atoms with van der Waals surface area (Å²) in [5.41, 5.74) is 0.348. The Morgan fingerprint density at radius 2 is 1.91 bits per heavy atom. The number of alkyl halides is 3. The Balaban J connectivity index is 1.84. The van der Waals surface area contributed by atoms with Gasteiger partial charge in [0.25, 0.3) is 0 Å². The minimum atomic E-state index is -4.87. The summed E-state index contributed by atoms with van der Waals surface area (Å²) >= 11 is 0. The highest BCUT2D eigenvalue weighted by Crippen LogP contribution is 2.35. The van der Waals surface area contributed by atoms with Crippen LogP contribution >= 0.6 is 0 Å². The summed E-state index contributed by atoms with van der Waals surface area (Å²) in [4.78, 5) is 4.39. The number of hydrogen-bond donors (Lipinski definition) is 2. The molecule has 0 unspecified atom stereocenters. The van der Waals surface area contributed by atoms with E-state index < -0.39 is 17.9 Å². The number of nitrogens with zero attached hydrogens (tertiary/aromatic N) is 2. The van der Waals surface area contributed by atoms with E-state index in [4.69, 9.17) is 0 Å². The zero-order valence-electron chi connectivity index (χ0n) is 12.2. The molecule has 1 aliphatic rings. The molecule has 1 heterocycles. The third-order valence-electron chi connectivity index (χ3n) is 3.94. The van der Waals surface area contributed by atoms with E-state index in [9.17, 15) is 18.3 Å². The number of nitrogens with one attached hydrogen (secondary N) is 1. The highest BCUT2D eigenvalue weighted by atomic mass is 19.4. The van der Waals surface area contributed by atoms with Crippen LogP contribution in [0.1, 0.15) is 43.8 Å². The SMILES string of the molecule is Oc1ccc(-c2n[nH]c(C3CCCCC3)n2)cc1OC(F)(F)F. The summed E-state index contributed by atoms with van der Waals surface area (Å²) in [6, 6.07) is 3.66. The number of aromatic nitrogens is 3. The van der Waals surface area contributed by atoms with Gasteiger partial charge in [0.2, 0.25) is 0 Å². The van der Waals surface area contributed by atoms with E-state index in [1.165, 1.54) is 12.5 Å². The van der Waals surface area contributed by atoms with Crippen molar-refractivity contribution < 1.29 is 23.0 Å². The average Bonchev–Trinajstić information content (AvgIpc) is 2.99. The molecule has 1 aliphatic carbocycles. The van der Waals surface area contributed by atoms with Crippen molar-refractivity contribution in [3.8, 4) is 22.9 Å². The van der Waals surface area contributed by atoms with Crippen LogP contribution in [0.3, 0.4) is 0 Å². The van der Waals surface area contributed by atoms with Crippen molar-refractivity contribution in [3.63, 3.8) is 0 Å². The lowest BCUT2D eigenvalue weighted by Crippen LogP contribution is -2.17. The molecule has 0 radical (unpaired) electrons. The van der Waals surface area contributed by atoms with Crippen LogP contribution in [0.25, 0.3) is 11.4 Å².